The minimum absolute atomic E-state index is 0. The largest absolute Gasteiger partial charge is 0.383 e. The molecule has 0 spiro atoms. The fourth-order valence-corrected chi connectivity index (χ4v) is 2.56. The second-order valence-electron chi connectivity index (χ2n) is 5.74. The molecule has 1 aliphatic heterocycles. The number of imide groups is 1. The number of carbonyl (C=O) groups excluding carboxylic acids is 3. The minimum atomic E-state index is -0.850. The number of hydrogen-bond donors (Lipinski definition) is 2. The van der Waals surface area contributed by atoms with E-state index in [1.165, 1.54) is 0 Å². The Morgan fingerprint density at radius 3 is 2.52 bits per heavy atom. The van der Waals surface area contributed by atoms with Crippen LogP contribution in [0.3, 0.4) is 0 Å². The number of benzene rings is 1. The highest BCUT2D eigenvalue weighted by Gasteiger charge is 2.40. The average Bonchev–Trinajstić information content (AvgIpc) is 2.80. The SMILES string of the molecule is COCCNCCNC(=O)C(C)N1C(=O)c2ccc(C)cc2C1=O.Cl. The van der Waals surface area contributed by atoms with Crippen LogP contribution in [0.5, 0.6) is 0 Å². The Balaban J connectivity index is 0.00000312. The van der Waals surface area contributed by atoms with Gasteiger partial charge in [-0.1, -0.05) is 11.6 Å². The van der Waals surface area contributed by atoms with Crippen molar-refractivity contribution >= 4 is 30.1 Å². The Bertz CT molecular complexity index is 651. The summed E-state index contributed by atoms with van der Waals surface area (Å²) in [5.41, 5.74) is 1.61. The Hall–Kier alpha value is -1.96. The fraction of sp³-hybridized carbons (Fsp3) is 0.471. The molecule has 1 aromatic carbocycles. The molecular formula is C17H24ClN3O4. The van der Waals surface area contributed by atoms with Gasteiger partial charge >= 0.3 is 0 Å². The minimum Gasteiger partial charge on any atom is -0.383 e. The van der Waals surface area contributed by atoms with Gasteiger partial charge in [0.05, 0.1) is 17.7 Å². The molecule has 8 heteroatoms. The van der Waals surface area contributed by atoms with Crippen molar-refractivity contribution in [2.75, 3.05) is 33.4 Å². The van der Waals surface area contributed by atoms with Gasteiger partial charge in [-0.3, -0.25) is 19.3 Å². The summed E-state index contributed by atoms with van der Waals surface area (Å²) in [5, 5.41) is 5.83. The van der Waals surface area contributed by atoms with Crippen LogP contribution in [0.25, 0.3) is 0 Å². The first kappa shape index (κ1) is 21.1. The molecule has 1 unspecified atom stereocenters. The fourth-order valence-electron chi connectivity index (χ4n) is 2.56. The molecule has 2 N–H and O–H groups in total. The van der Waals surface area contributed by atoms with Crippen molar-refractivity contribution in [2.45, 2.75) is 19.9 Å². The Kier molecular flexibility index (Phi) is 8.02. The van der Waals surface area contributed by atoms with Crippen LogP contribution >= 0.6 is 12.4 Å². The number of nitrogens with zero attached hydrogens (tertiary/aromatic N) is 1. The molecule has 1 aromatic rings. The highest BCUT2D eigenvalue weighted by molar-refractivity contribution is 6.22. The average molecular weight is 370 g/mol. The molecule has 3 amide bonds. The van der Waals surface area contributed by atoms with Crippen LogP contribution in [-0.2, 0) is 9.53 Å². The van der Waals surface area contributed by atoms with E-state index in [9.17, 15) is 14.4 Å². The first-order valence-corrected chi connectivity index (χ1v) is 7.93. The van der Waals surface area contributed by atoms with E-state index >= 15 is 0 Å². The number of ether oxygens (including phenoxy) is 1. The third-order valence-corrected chi connectivity index (χ3v) is 3.92. The third kappa shape index (κ3) is 4.78. The van der Waals surface area contributed by atoms with Crippen LogP contribution in [0.1, 0.15) is 33.2 Å². The number of carbonyl (C=O) groups is 3. The topological polar surface area (TPSA) is 87.7 Å². The van der Waals surface area contributed by atoms with Gasteiger partial charge in [-0.15, -0.1) is 12.4 Å². The number of amides is 3. The summed E-state index contributed by atoms with van der Waals surface area (Å²) in [6.45, 7) is 5.70. The van der Waals surface area contributed by atoms with Crippen LogP contribution in [0.4, 0.5) is 0 Å². The van der Waals surface area contributed by atoms with E-state index in [1.807, 2.05) is 6.92 Å². The molecule has 7 nitrogen and oxygen atoms in total. The summed E-state index contributed by atoms with van der Waals surface area (Å²) >= 11 is 0. The van der Waals surface area contributed by atoms with Gasteiger partial charge in [0.15, 0.2) is 0 Å². The van der Waals surface area contributed by atoms with E-state index in [4.69, 9.17) is 4.74 Å². The van der Waals surface area contributed by atoms with Gasteiger partial charge in [-0.05, 0) is 26.0 Å². The van der Waals surface area contributed by atoms with Crippen molar-refractivity contribution in [2.24, 2.45) is 0 Å². The number of nitrogens with one attached hydrogen (secondary N) is 2. The van der Waals surface area contributed by atoms with Crippen molar-refractivity contribution in [3.8, 4) is 0 Å². The summed E-state index contributed by atoms with van der Waals surface area (Å²) in [5.74, 6) is -1.19. The molecule has 0 bridgehead atoms. The Morgan fingerprint density at radius 1 is 1.16 bits per heavy atom. The molecule has 25 heavy (non-hydrogen) atoms. The molecule has 1 heterocycles. The molecule has 0 aromatic heterocycles. The molecule has 0 radical (unpaired) electrons. The van der Waals surface area contributed by atoms with Crippen molar-refractivity contribution < 1.29 is 19.1 Å². The number of methoxy groups -OCH3 is 1. The zero-order valence-corrected chi connectivity index (χ0v) is 15.4. The van der Waals surface area contributed by atoms with Gasteiger partial charge in [0.2, 0.25) is 5.91 Å². The molecule has 0 aliphatic carbocycles. The van der Waals surface area contributed by atoms with E-state index in [0.29, 0.717) is 37.4 Å². The van der Waals surface area contributed by atoms with Crippen LogP contribution in [0, 0.1) is 6.92 Å². The van der Waals surface area contributed by atoms with Crippen molar-refractivity contribution in [3.63, 3.8) is 0 Å². The maximum atomic E-state index is 12.5. The normalized spacial score (nSPS) is 14.1. The molecule has 138 valence electrons. The summed E-state index contributed by atoms with van der Waals surface area (Å²) in [4.78, 5) is 38.1. The number of rotatable bonds is 8. The van der Waals surface area contributed by atoms with Crippen LogP contribution in [-0.4, -0.2) is 62.0 Å². The number of halogens is 1. The maximum Gasteiger partial charge on any atom is 0.262 e. The molecule has 1 atom stereocenters. The zero-order valence-electron chi connectivity index (χ0n) is 14.6. The summed E-state index contributed by atoms with van der Waals surface area (Å²) < 4.78 is 4.91. The molecular weight excluding hydrogens is 346 g/mol. The van der Waals surface area contributed by atoms with E-state index in [2.05, 4.69) is 10.6 Å². The van der Waals surface area contributed by atoms with Crippen LogP contribution in [0.2, 0.25) is 0 Å². The summed E-state index contributed by atoms with van der Waals surface area (Å²) in [7, 11) is 1.62. The number of fused-ring (bicyclic) bond motifs is 1. The van der Waals surface area contributed by atoms with Crippen LogP contribution < -0.4 is 10.6 Å². The smallest absolute Gasteiger partial charge is 0.262 e. The van der Waals surface area contributed by atoms with E-state index in [1.54, 1.807) is 32.2 Å². The first-order valence-electron chi connectivity index (χ1n) is 7.93. The molecule has 2 rings (SSSR count). The maximum absolute atomic E-state index is 12.5. The van der Waals surface area contributed by atoms with Gasteiger partial charge < -0.3 is 15.4 Å². The van der Waals surface area contributed by atoms with E-state index < -0.39 is 17.9 Å². The molecule has 0 saturated heterocycles. The molecule has 0 saturated carbocycles. The second-order valence-corrected chi connectivity index (χ2v) is 5.74. The number of aryl methyl sites for hydroxylation is 1. The van der Waals surface area contributed by atoms with Crippen molar-refractivity contribution in [3.05, 3.63) is 34.9 Å². The van der Waals surface area contributed by atoms with Gasteiger partial charge in [0, 0.05) is 26.7 Å². The number of hydrogen-bond acceptors (Lipinski definition) is 5. The van der Waals surface area contributed by atoms with Crippen molar-refractivity contribution in [1.29, 1.82) is 0 Å². The predicted molar refractivity (Wildman–Crippen MR) is 96.1 cm³/mol. The first-order chi connectivity index (χ1) is 11.5. The quantitative estimate of drug-likeness (QED) is 0.521. The summed E-state index contributed by atoms with van der Waals surface area (Å²) in [6.07, 6.45) is 0. The van der Waals surface area contributed by atoms with Crippen molar-refractivity contribution in [1.82, 2.24) is 15.5 Å². The lowest BCUT2D eigenvalue weighted by Gasteiger charge is -2.21. The van der Waals surface area contributed by atoms with Gasteiger partial charge in [-0.2, -0.15) is 0 Å². The third-order valence-electron chi connectivity index (χ3n) is 3.92. The standard InChI is InChI=1S/C17H23N3O4.ClH/c1-11-4-5-13-14(10-11)17(23)20(16(13)22)12(2)15(21)19-7-6-18-8-9-24-3;/h4-5,10,12,18H,6-9H2,1-3H3,(H,19,21);1H. The zero-order chi connectivity index (χ0) is 17.7. The van der Waals surface area contributed by atoms with E-state index in [-0.39, 0.29) is 18.3 Å². The molecule has 0 fully saturated rings. The van der Waals surface area contributed by atoms with Crippen LogP contribution in [0.15, 0.2) is 18.2 Å². The molecule has 1 aliphatic rings. The predicted octanol–water partition coefficient (Wildman–Crippen LogP) is 0.754. The van der Waals surface area contributed by atoms with E-state index in [0.717, 1.165) is 10.5 Å². The van der Waals surface area contributed by atoms with Gasteiger partial charge in [-0.25, -0.2) is 0 Å². The Labute approximate surface area is 153 Å². The highest BCUT2D eigenvalue weighted by Crippen LogP contribution is 2.25. The second kappa shape index (κ2) is 9.50. The van der Waals surface area contributed by atoms with Gasteiger partial charge in [0.1, 0.15) is 6.04 Å². The summed E-state index contributed by atoms with van der Waals surface area (Å²) in [6, 6.07) is 4.25. The highest BCUT2D eigenvalue weighted by atomic mass is 35.5. The lowest BCUT2D eigenvalue weighted by Crippen LogP contribution is -2.48. The van der Waals surface area contributed by atoms with Gasteiger partial charge in [0.25, 0.3) is 11.8 Å². The lowest BCUT2D eigenvalue weighted by molar-refractivity contribution is -0.124. The Morgan fingerprint density at radius 2 is 1.84 bits per heavy atom. The lowest BCUT2D eigenvalue weighted by atomic mass is 10.1. The monoisotopic (exact) mass is 369 g/mol.